The molecule has 0 unspecified atom stereocenters. The fourth-order valence-corrected chi connectivity index (χ4v) is 2.09. The van der Waals surface area contributed by atoms with Crippen LogP contribution in [0.4, 0.5) is 5.13 Å². The van der Waals surface area contributed by atoms with E-state index in [1.807, 2.05) is 31.3 Å². The van der Waals surface area contributed by atoms with E-state index in [4.69, 9.17) is 11.6 Å². The maximum Gasteiger partial charge on any atom is 0.205 e. The summed E-state index contributed by atoms with van der Waals surface area (Å²) in [4.78, 5) is 0. The van der Waals surface area contributed by atoms with Gasteiger partial charge in [-0.15, -0.1) is 10.2 Å². The lowest BCUT2D eigenvalue weighted by Crippen LogP contribution is -1.84. The molecular formula is C9H8ClN3S. The average molecular weight is 226 g/mol. The zero-order valence-electron chi connectivity index (χ0n) is 7.49. The largest absolute Gasteiger partial charge is 0.363 e. The van der Waals surface area contributed by atoms with Gasteiger partial charge in [-0.3, -0.25) is 0 Å². The maximum atomic E-state index is 6.03. The van der Waals surface area contributed by atoms with Gasteiger partial charge in [-0.1, -0.05) is 41.1 Å². The molecule has 0 fully saturated rings. The zero-order valence-corrected chi connectivity index (χ0v) is 9.06. The number of nitrogens with one attached hydrogen (secondary N) is 1. The second kappa shape index (κ2) is 3.94. The van der Waals surface area contributed by atoms with Gasteiger partial charge in [0.1, 0.15) is 0 Å². The Kier molecular flexibility index (Phi) is 2.65. The molecule has 1 N–H and O–H groups in total. The summed E-state index contributed by atoms with van der Waals surface area (Å²) < 4.78 is 0. The summed E-state index contributed by atoms with van der Waals surface area (Å²) in [5.74, 6) is 0. The smallest absolute Gasteiger partial charge is 0.205 e. The average Bonchev–Trinajstić information content (AvgIpc) is 2.67. The number of benzene rings is 1. The molecule has 14 heavy (non-hydrogen) atoms. The van der Waals surface area contributed by atoms with Crippen molar-refractivity contribution >= 4 is 28.1 Å². The van der Waals surface area contributed by atoms with Crippen LogP contribution in [0.5, 0.6) is 0 Å². The topological polar surface area (TPSA) is 37.8 Å². The molecule has 0 spiro atoms. The molecule has 72 valence electrons. The van der Waals surface area contributed by atoms with E-state index in [-0.39, 0.29) is 0 Å². The summed E-state index contributed by atoms with van der Waals surface area (Å²) in [6.45, 7) is 0. The summed E-state index contributed by atoms with van der Waals surface area (Å²) >= 11 is 7.51. The van der Waals surface area contributed by atoms with Gasteiger partial charge in [-0.2, -0.15) is 0 Å². The Morgan fingerprint density at radius 2 is 2.07 bits per heavy atom. The lowest BCUT2D eigenvalue weighted by molar-refractivity contribution is 1.09. The zero-order chi connectivity index (χ0) is 9.97. The molecule has 0 atom stereocenters. The molecular weight excluding hydrogens is 218 g/mol. The summed E-state index contributed by atoms with van der Waals surface area (Å²) in [5.41, 5.74) is 0.924. The Morgan fingerprint density at radius 1 is 1.29 bits per heavy atom. The number of halogens is 1. The third kappa shape index (κ3) is 1.71. The standard InChI is InChI=1S/C9H8ClN3S/c1-11-9-13-12-8(14-9)6-4-2-3-5-7(6)10/h2-5H,1H3,(H,11,13). The molecule has 0 aliphatic heterocycles. The second-order valence-corrected chi connectivity index (χ2v) is 4.03. The Bertz CT molecular complexity index is 441. The van der Waals surface area contributed by atoms with Gasteiger partial charge in [0.25, 0.3) is 0 Å². The second-order valence-electron chi connectivity index (χ2n) is 2.64. The van der Waals surface area contributed by atoms with Gasteiger partial charge >= 0.3 is 0 Å². The van der Waals surface area contributed by atoms with Crippen LogP contribution in [0, 0.1) is 0 Å². The molecule has 0 saturated heterocycles. The van der Waals surface area contributed by atoms with Gasteiger partial charge in [0.05, 0.1) is 5.02 Å². The van der Waals surface area contributed by atoms with Crippen molar-refractivity contribution in [2.45, 2.75) is 0 Å². The normalized spacial score (nSPS) is 10.1. The maximum absolute atomic E-state index is 6.03. The van der Waals surface area contributed by atoms with Crippen LogP contribution < -0.4 is 5.32 Å². The Hall–Kier alpha value is -1.13. The Labute approximate surface area is 90.8 Å². The Morgan fingerprint density at radius 3 is 2.71 bits per heavy atom. The van der Waals surface area contributed by atoms with Gasteiger partial charge < -0.3 is 5.32 Å². The molecule has 2 aromatic rings. The van der Waals surface area contributed by atoms with Crippen molar-refractivity contribution in [3.63, 3.8) is 0 Å². The number of hydrogen-bond acceptors (Lipinski definition) is 4. The van der Waals surface area contributed by atoms with E-state index in [0.29, 0.717) is 5.02 Å². The predicted molar refractivity (Wildman–Crippen MR) is 59.9 cm³/mol. The third-order valence-corrected chi connectivity index (χ3v) is 3.05. The van der Waals surface area contributed by atoms with E-state index >= 15 is 0 Å². The highest BCUT2D eigenvalue weighted by Gasteiger charge is 2.07. The van der Waals surface area contributed by atoms with Crippen LogP contribution in [-0.2, 0) is 0 Å². The van der Waals surface area contributed by atoms with Gasteiger partial charge in [-0.25, -0.2) is 0 Å². The molecule has 5 heteroatoms. The molecule has 0 amide bonds. The SMILES string of the molecule is CNc1nnc(-c2ccccc2Cl)s1. The van der Waals surface area contributed by atoms with Gasteiger partial charge in [0.2, 0.25) is 5.13 Å². The number of nitrogens with zero attached hydrogens (tertiary/aromatic N) is 2. The van der Waals surface area contributed by atoms with Crippen molar-refractivity contribution in [2.24, 2.45) is 0 Å². The van der Waals surface area contributed by atoms with Gasteiger partial charge in [0, 0.05) is 12.6 Å². The first-order valence-corrected chi connectivity index (χ1v) is 5.27. The molecule has 1 aromatic heterocycles. The van der Waals surface area contributed by atoms with Crippen LogP contribution in [0.25, 0.3) is 10.6 Å². The van der Waals surface area contributed by atoms with E-state index in [1.54, 1.807) is 0 Å². The van der Waals surface area contributed by atoms with Gasteiger partial charge in [0.15, 0.2) is 5.01 Å². The quantitative estimate of drug-likeness (QED) is 0.854. The lowest BCUT2D eigenvalue weighted by atomic mass is 10.2. The van der Waals surface area contributed by atoms with E-state index in [9.17, 15) is 0 Å². The third-order valence-electron chi connectivity index (χ3n) is 1.74. The number of hydrogen-bond donors (Lipinski definition) is 1. The van der Waals surface area contributed by atoms with Crippen molar-refractivity contribution in [3.8, 4) is 10.6 Å². The highest BCUT2D eigenvalue weighted by molar-refractivity contribution is 7.18. The minimum absolute atomic E-state index is 0.700. The highest BCUT2D eigenvalue weighted by Crippen LogP contribution is 2.31. The van der Waals surface area contributed by atoms with Crippen molar-refractivity contribution in [3.05, 3.63) is 29.3 Å². The van der Waals surface area contributed by atoms with E-state index in [2.05, 4.69) is 15.5 Å². The molecule has 1 aromatic carbocycles. The van der Waals surface area contributed by atoms with Crippen LogP contribution >= 0.6 is 22.9 Å². The summed E-state index contributed by atoms with van der Waals surface area (Å²) in [7, 11) is 1.82. The van der Waals surface area contributed by atoms with E-state index in [1.165, 1.54) is 11.3 Å². The van der Waals surface area contributed by atoms with Crippen LogP contribution in [0.2, 0.25) is 5.02 Å². The van der Waals surface area contributed by atoms with Crippen LogP contribution in [0.3, 0.4) is 0 Å². The first-order valence-electron chi connectivity index (χ1n) is 4.07. The van der Waals surface area contributed by atoms with Crippen molar-refractivity contribution in [1.82, 2.24) is 10.2 Å². The summed E-state index contributed by atoms with van der Waals surface area (Å²) in [5, 5.41) is 13.3. The van der Waals surface area contributed by atoms with Gasteiger partial charge in [-0.05, 0) is 6.07 Å². The first kappa shape index (κ1) is 9.43. The molecule has 0 aliphatic carbocycles. The predicted octanol–water partition coefficient (Wildman–Crippen LogP) is 2.90. The van der Waals surface area contributed by atoms with Crippen molar-refractivity contribution in [2.75, 3.05) is 12.4 Å². The first-order chi connectivity index (χ1) is 6.81. The molecule has 0 bridgehead atoms. The minimum atomic E-state index is 0.700. The monoisotopic (exact) mass is 225 g/mol. The lowest BCUT2D eigenvalue weighted by Gasteiger charge is -1.96. The van der Waals surface area contributed by atoms with E-state index in [0.717, 1.165) is 15.7 Å². The van der Waals surface area contributed by atoms with E-state index < -0.39 is 0 Å². The fourth-order valence-electron chi connectivity index (χ4n) is 1.07. The number of aromatic nitrogens is 2. The molecule has 2 rings (SSSR count). The molecule has 0 radical (unpaired) electrons. The molecule has 0 aliphatic rings. The molecule has 0 saturated carbocycles. The van der Waals surface area contributed by atoms with Crippen LogP contribution in [0.15, 0.2) is 24.3 Å². The van der Waals surface area contributed by atoms with Crippen LogP contribution in [0.1, 0.15) is 0 Å². The summed E-state index contributed by atoms with van der Waals surface area (Å²) in [6, 6.07) is 7.60. The molecule has 1 heterocycles. The fraction of sp³-hybridized carbons (Fsp3) is 0.111. The van der Waals surface area contributed by atoms with Crippen molar-refractivity contribution in [1.29, 1.82) is 0 Å². The minimum Gasteiger partial charge on any atom is -0.363 e. The number of rotatable bonds is 2. The highest BCUT2D eigenvalue weighted by atomic mass is 35.5. The number of anilines is 1. The molecule has 3 nitrogen and oxygen atoms in total. The Balaban J connectivity index is 2.44. The summed E-state index contributed by atoms with van der Waals surface area (Å²) in [6.07, 6.45) is 0. The van der Waals surface area contributed by atoms with Crippen molar-refractivity contribution < 1.29 is 0 Å². The van der Waals surface area contributed by atoms with Crippen LogP contribution in [-0.4, -0.2) is 17.2 Å².